The van der Waals surface area contributed by atoms with Crippen molar-refractivity contribution in [1.29, 1.82) is 0 Å². The summed E-state index contributed by atoms with van der Waals surface area (Å²) in [6.07, 6.45) is -0.759. The second-order valence-electron chi connectivity index (χ2n) is 4.50. The quantitative estimate of drug-likeness (QED) is 0.711. The maximum Gasteiger partial charge on any atom is 0.138 e. The third-order valence-electron chi connectivity index (χ3n) is 2.66. The zero-order chi connectivity index (χ0) is 15.0. The molecule has 20 heavy (non-hydrogen) atoms. The first-order chi connectivity index (χ1) is 9.58. The van der Waals surface area contributed by atoms with Crippen molar-refractivity contribution in [1.82, 2.24) is 0 Å². The minimum atomic E-state index is -0.702. The van der Waals surface area contributed by atoms with Gasteiger partial charge in [-0.05, 0) is 28.9 Å². The lowest BCUT2D eigenvalue weighted by atomic mass is 10.2. The third-order valence-corrected chi connectivity index (χ3v) is 3.29. The van der Waals surface area contributed by atoms with Crippen LogP contribution in [0.2, 0.25) is 0 Å². The van der Waals surface area contributed by atoms with Crippen LogP contribution in [-0.4, -0.2) is 44.2 Å². The number of aliphatic hydroxyl groups excluding tert-OH is 1. The molecule has 0 aliphatic rings. The summed E-state index contributed by atoms with van der Waals surface area (Å²) in [6, 6.07) is 5.66. The Labute approximate surface area is 128 Å². The van der Waals surface area contributed by atoms with Crippen LogP contribution in [0.1, 0.15) is 12.5 Å². The highest BCUT2D eigenvalue weighted by molar-refractivity contribution is 9.10. The Hall–Kier alpha value is -0.660. The Bertz CT molecular complexity index is 403. The van der Waals surface area contributed by atoms with Gasteiger partial charge in [0.1, 0.15) is 18.5 Å². The van der Waals surface area contributed by atoms with Crippen molar-refractivity contribution in [2.75, 3.05) is 26.9 Å². The van der Waals surface area contributed by atoms with Gasteiger partial charge in [0, 0.05) is 19.2 Å². The van der Waals surface area contributed by atoms with E-state index in [1.54, 1.807) is 7.11 Å². The predicted molar refractivity (Wildman–Crippen MR) is 80.8 cm³/mol. The number of halogens is 1. The van der Waals surface area contributed by atoms with Gasteiger partial charge in [0.15, 0.2) is 0 Å². The maximum atomic E-state index is 9.84. The van der Waals surface area contributed by atoms with Gasteiger partial charge < -0.3 is 25.1 Å². The van der Waals surface area contributed by atoms with E-state index < -0.39 is 6.10 Å². The molecular formula is C14H22BrNO4. The number of benzene rings is 1. The van der Waals surface area contributed by atoms with Gasteiger partial charge in [-0.15, -0.1) is 0 Å². The molecule has 2 atom stereocenters. The van der Waals surface area contributed by atoms with Crippen molar-refractivity contribution >= 4 is 15.9 Å². The number of hydrogen-bond acceptors (Lipinski definition) is 5. The van der Waals surface area contributed by atoms with E-state index in [9.17, 15) is 5.11 Å². The minimum Gasteiger partial charge on any atom is -0.489 e. The van der Waals surface area contributed by atoms with Crippen molar-refractivity contribution in [2.45, 2.75) is 25.7 Å². The summed E-state index contributed by atoms with van der Waals surface area (Å²) in [5.74, 6) is 0.666. The maximum absolute atomic E-state index is 9.84. The fourth-order valence-electron chi connectivity index (χ4n) is 1.66. The lowest BCUT2D eigenvalue weighted by Crippen LogP contribution is -2.27. The number of para-hydroxylation sites is 1. The monoisotopic (exact) mass is 347 g/mol. The molecule has 1 aromatic carbocycles. The van der Waals surface area contributed by atoms with Crippen LogP contribution in [0.3, 0.4) is 0 Å². The van der Waals surface area contributed by atoms with Crippen molar-refractivity contribution in [2.24, 2.45) is 5.73 Å². The van der Waals surface area contributed by atoms with E-state index in [0.29, 0.717) is 18.9 Å². The van der Waals surface area contributed by atoms with E-state index in [-0.39, 0.29) is 19.3 Å². The van der Waals surface area contributed by atoms with Gasteiger partial charge in [-0.25, -0.2) is 0 Å². The molecule has 1 rings (SSSR count). The first kappa shape index (κ1) is 17.4. The van der Waals surface area contributed by atoms with Crippen molar-refractivity contribution in [3.8, 4) is 5.75 Å². The van der Waals surface area contributed by atoms with E-state index in [0.717, 1.165) is 10.0 Å². The van der Waals surface area contributed by atoms with Gasteiger partial charge in [-0.3, -0.25) is 0 Å². The second-order valence-corrected chi connectivity index (χ2v) is 5.35. The molecule has 0 saturated heterocycles. The zero-order valence-corrected chi connectivity index (χ0v) is 13.4. The van der Waals surface area contributed by atoms with Crippen molar-refractivity contribution in [3.63, 3.8) is 0 Å². The van der Waals surface area contributed by atoms with Crippen molar-refractivity contribution in [3.05, 3.63) is 28.2 Å². The highest BCUT2D eigenvalue weighted by Crippen LogP contribution is 2.28. The molecule has 6 heteroatoms. The highest BCUT2D eigenvalue weighted by Gasteiger charge is 2.12. The molecule has 0 amide bonds. The molecular weight excluding hydrogens is 326 g/mol. The van der Waals surface area contributed by atoms with Gasteiger partial charge in [-0.2, -0.15) is 0 Å². The number of rotatable bonds is 9. The highest BCUT2D eigenvalue weighted by atomic mass is 79.9. The van der Waals surface area contributed by atoms with Gasteiger partial charge >= 0.3 is 0 Å². The molecule has 0 aliphatic heterocycles. The molecule has 1 aromatic rings. The standard InChI is InChI=1S/C14H22BrNO4/c1-10(7-18-2)19-8-12(17)9-20-14-11(6-16)4-3-5-13(14)15/h3-5,10,12,17H,6-9,16H2,1-2H3. The van der Waals surface area contributed by atoms with E-state index in [1.807, 2.05) is 25.1 Å². The van der Waals surface area contributed by atoms with E-state index >= 15 is 0 Å². The molecule has 114 valence electrons. The van der Waals surface area contributed by atoms with Crippen LogP contribution in [0.15, 0.2) is 22.7 Å². The van der Waals surface area contributed by atoms with Crippen LogP contribution in [-0.2, 0) is 16.0 Å². The molecule has 0 saturated carbocycles. The summed E-state index contributed by atoms with van der Waals surface area (Å²) in [6.45, 7) is 3.11. The van der Waals surface area contributed by atoms with Gasteiger partial charge in [-0.1, -0.05) is 12.1 Å². The molecule has 3 N–H and O–H groups in total. The lowest BCUT2D eigenvalue weighted by Gasteiger charge is -2.18. The number of ether oxygens (including phenoxy) is 3. The fraction of sp³-hybridized carbons (Fsp3) is 0.571. The topological polar surface area (TPSA) is 73.9 Å². The molecule has 0 aromatic heterocycles. The fourth-order valence-corrected chi connectivity index (χ4v) is 2.18. The van der Waals surface area contributed by atoms with Crippen LogP contribution in [0.5, 0.6) is 5.75 Å². The largest absolute Gasteiger partial charge is 0.489 e. The zero-order valence-electron chi connectivity index (χ0n) is 11.8. The summed E-state index contributed by atoms with van der Waals surface area (Å²) in [5, 5.41) is 9.84. The Balaban J connectivity index is 2.43. The summed E-state index contributed by atoms with van der Waals surface area (Å²) < 4.78 is 16.8. The van der Waals surface area contributed by atoms with Gasteiger partial charge in [0.2, 0.25) is 0 Å². The molecule has 0 fully saturated rings. The minimum absolute atomic E-state index is 0.0577. The summed E-state index contributed by atoms with van der Waals surface area (Å²) >= 11 is 3.41. The average Bonchev–Trinajstić information content (AvgIpc) is 2.43. The Kier molecular flexibility index (Phi) is 8.09. The van der Waals surface area contributed by atoms with E-state index in [4.69, 9.17) is 19.9 Å². The van der Waals surface area contributed by atoms with E-state index in [1.165, 1.54) is 0 Å². The second kappa shape index (κ2) is 9.31. The Morgan fingerprint density at radius 2 is 2.05 bits per heavy atom. The third kappa shape index (κ3) is 5.76. The van der Waals surface area contributed by atoms with Crippen LogP contribution < -0.4 is 10.5 Å². The summed E-state index contributed by atoms with van der Waals surface area (Å²) in [5.41, 5.74) is 6.54. The van der Waals surface area contributed by atoms with Crippen LogP contribution in [0.4, 0.5) is 0 Å². The number of methoxy groups -OCH3 is 1. The number of aliphatic hydroxyl groups is 1. The predicted octanol–water partition coefficient (Wildman–Crippen LogP) is 1.70. The Morgan fingerprint density at radius 1 is 1.30 bits per heavy atom. The Morgan fingerprint density at radius 3 is 2.70 bits per heavy atom. The average molecular weight is 348 g/mol. The van der Waals surface area contributed by atoms with Crippen LogP contribution in [0, 0.1) is 0 Å². The molecule has 0 aliphatic carbocycles. The van der Waals surface area contributed by atoms with Gasteiger partial charge in [0.25, 0.3) is 0 Å². The van der Waals surface area contributed by atoms with Crippen LogP contribution in [0.25, 0.3) is 0 Å². The first-order valence-electron chi connectivity index (χ1n) is 6.47. The molecule has 0 spiro atoms. The molecule has 0 bridgehead atoms. The first-order valence-corrected chi connectivity index (χ1v) is 7.26. The molecule has 0 heterocycles. The number of nitrogens with two attached hydrogens (primary N) is 1. The SMILES string of the molecule is COCC(C)OCC(O)COc1c(Br)cccc1CN. The normalized spacial score (nSPS) is 14.1. The smallest absolute Gasteiger partial charge is 0.138 e. The van der Waals surface area contributed by atoms with E-state index in [2.05, 4.69) is 15.9 Å². The van der Waals surface area contributed by atoms with Crippen LogP contribution >= 0.6 is 15.9 Å². The van der Waals surface area contributed by atoms with Gasteiger partial charge in [0.05, 0.1) is 23.8 Å². The molecule has 5 nitrogen and oxygen atoms in total. The lowest BCUT2D eigenvalue weighted by molar-refractivity contribution is -0.0424. The molecule has 2 unspecified atom stereocenters. The molecule has 0 radical (unpaired) electrons. The summed E-state index contributed by atoms with van der Waals surface area (Å²) in [4.78, 5) is 0. The summed E-state index contributed by atoms with van der Waals surface area (Å²) in [7, 11) is 1.61. The van der Waals surface area contributed by atoms with Crippen molar-refractivity contribution < 1.29 is 19.3 Å². The number of hydrogen-bond donors (Lipinski definition) is 2.